The smallest absolute Gasteiger partial charge is 0.251 e. The van der Waals surface area contributed by atoms with Crippen molar-refractivity contribution < 1.29 is 14.4 Å². The summed E-state index contributed by atoms with van der Waals surface area (Å²) in [6.07, 6.45) is 3.01. The minimum atomic E-state index is -0.324. The van der Waals surface area contributed by atoms with E-state index in [4.69, 9.17) is 0 Å². The quantitative estimate of drug-likeness (QED) is 0.670. The Morgan fingerprint density at radius 2 is 1.80 bits per heavy atom. The van der Waals surface area contributed by atoms with Gasteiger partial charge < -0.3 is 15.5 Å². The van der Waals surface area contributed by atoms with Gasteiger partial charge in [0.25, 0.3) is 5.91 Å². The first-order chi connectivity index (χ1) is 14.6. The number of unbranched alkanes of at least 4 members (excludes halogenated alkanes) is 1. The number of nitrogens with zero attached hydrogens (tertiary/aromatic N) is 1. The Morgan fingerprint density at radius 3 is 2.50 bits per heavy atom. The first-order valence-electron chi connectivity index (χ1n) is 10.6. The first kappa shape index (κ1) is 21.6. The summed E-state index contributed by atoms with van der Waals surface area (Å²) in [5.41, 5.74) is 2.35. The van der Waals surface area contributed by atoms with Crippen LogP contribution >= 0.6 is 0 Å². The van der Waals surface area contributed by atoms with Crippen molar-refractivity contribution in [2.45, 2.75) is 32.6 Å². The molecule has 1 saturated heterocycles. The highest BCUT2D eigenvalue weighted by Crippen LogP contribution is 2.20. The Labute approximate surface area is 177 Å². The van der Waals surface area contributed by atoms with Gasteiger partial charge in [-0.3, -0.25) is 14.4 Å². The molecule has 0 bridgehead atoms. The summed E-state index contributed by atoms with van der Waals surface area (Å²) in [4.78, 5) is 38.6. The number of benzene rings is 2. The number of carbonyl (C=O) groups is 3. The predicted molar refractivity (Wildman–Crippen MR) is 117 cm³/mol. The van der Waals surface area contributed by atoms with E-state index in [1.807, 2.05) is 30.3 Å². The van der Waals surface area contributed by atoms with Crippen LogP contribution in [0.1, 0.15) is 42.1 Å². The van der Waals surface area contributed by atoms with Gasteiger partial charge in [0.05, 0.1) is 5.92 Å². The molecule has 6 nitrogen and oxygen atoms in total. The van der Waals surface area contributed by atoms with Crippen molar-refractivity contribution in [3.63, 3.8) is 0 Å². The Bertz CT molecular complexity index is 865. The molecule has 1 fully saturated rings. The number of likely N-dealkylation sites (tertiary alicyclic amines) is 1. The third-order valence-electron chi connectivity index (χ3n) is 5.32. The molecule has 0 aliphatic carbocycles. The average molecular weight is 408 g/mol. The minimum absolute atomic E-state index is 0.0473. The number of amides is 3. The standard InChI is InChI=1S/C24H29N3O3/c1-2-3-15-27-17-20(16-22(27)28)24(30)26-21-11-9-19(10-12-21)23(29)25-14-13-18-7-5-4-6-8-18/h4-12,20H,2-3,13-17H2,1H3,(H,25,29)(H,26,30). The fourth-order valence-electron chi connectivity index (χ4n) is 3.53. The molecule has 1 atom stereocenters. The van der Waals surface area contributed by atoms with Crippen LogP contribution in [0.4, 0.5) is 5.69 Å². The molecule has 0 radical (unpaired) electrons. The van der Waals surface area contributed by atoms with Crippen molar-refractivity contribution in [2.75, 3.05) is 25.0 Å². The van der Waals surface area contributed by atoms with Gasteiger partial charge in [0, 0.05) is 37.3 Å². The number of nitrogens with one attached hydrogen (secondary N) is 2. The van der Waals surface area contributed by atoms with Gasteiger partial charge in [0.2, 0.25) is 11.8 Å². The number of hydrogen-bond acceptors (Lipinski definition) is 3. The molecule has 2 aromatic rings. The summed E-state index contributed by atoms with van der Waals surface area (Å²) in [5.74, 6) is -0.569. The Balaban J connectivity index is 1.46. The number of anilines is 1. The maximum Gasteiger partial charge on any atom is 0.251 e. The molecule has 2 aromatic carbocycles. The lowest BCUT2D eigenvalue weighted by molar-refractivity contribution is -0.128. The molecule has 3 rings (SSSR count). The van der Waals surface area contributed by atoms with E-state index in [9.17, 15) is 14.4 Å². The normalized spacial score (nSPS) is 15.8. The Morgan fingerprint density at radius 1 is 1.07 bits per heavy atom. The third-order valence-corrected chi connectivity index (χ3v) is 5.32. The largest absolute Gasteiger partial charge is 0.352 e. The SMILES string of the molecule is CCCCN1CC(C(=O)Nc2ccc(C(=O)NCCc3ccccc3)cc2)CC1=O. The van der Waals surface area contributed by atoms with Gasteiger partial charge in [0.15, 0.2) is 0 Å². The van der Waals surface area contributed by atoms with Gasteiger partial charge in [-0.05, 0) is 42.7 Å². The van der Waals surface area contributed by atoms with Crippen molar-refractivity contribution in [2.24, 2.45) is 5.92 Å². The van der Waals surface area contributed by atoms with Crippen LogP contribution in [-0.2, 0) is 16.0 Å². The highest BCUT2D eigenvalue weighted by molar-refractivity contribution is 5.98. The molecular formula is C24H29N3O3. The molecule has 1 aliphatic rings. The van der Waals surface area contributed by atoms with Gasteiger partial charge in [-0.1, -0.05) is 43.7 Å². The van der Waals surface area contributed by atoms with Crippen molar-refractivity contribution in [3.05, 3.63) is 65.7 Å². The van der Waals surface area contributed by atoms with E-state index in [0.717, 1.165) is 19.3 Å². The van der Waals surface area contributed by atoms with Gasteiger partial charge in [-0.15, -0.1) is 0 Å². The topological polar surface area (TPSA) is 78.5 Å². The summed E-state index contributed by atoms with van der Waals surface area (Å²) in [6, 6.07) is 16.8. The van der Waals surface area contributed by atoms with Crippen LogP contribution in [0.2, 0.25) is 0 Å². The van der Waals surface area contributed by atoms with Crippen LogP contribution < -0.4 is 10.6 Å². The molecule has 2 N–H and O–H groups in total. The Hall–Kier alpha value is -3.15. The van der Waals surface area contributed by atoms with E-state index in [2.05, 4.69) is 17.6 Å². The number of hydrogen-bond donors (Lipinski definition) is 2. The van der Waals surface area contributed by atoms with Crippen molar-refractivity contribution in [3.8, 4) is 0 Å². The second kappa shape index (κ2) is 10.6. The zero-order valence-corrected chi connectivity index (χ0v) is 17.4. The van der Waals surface area contributed by atoms with Gasteiger partial charge >= 0.3 is 0 Å². The minimum Gasteiger partial charge on any atom is -0.352 e. The molecule has 6 heteroatoms. The summed E-state index contributed by atoms with van der Waals surface area (Å²) >= 11 is 0. The van der Waals surface area contributed by atoms with Crippen LogP contribution in [-0.4, -0.2) is 42.3 Å². The zero-order chi connectivity index (χ0) is 21.3. The highest BCUT2D eigenvalue weighted by Gasteiger charge is 2.33. The first-order valence-corrected chi connectivity index (χ1v) is 10.6. The fourth-order valence-corrected chi connectivity index (χ4v) is 3.53. The summed E-state index contributed by atoms with van der Waals surface area (Å²) in [5, 5.41) is 5.77. The lowest BCUT2D eigenvalue weighted by Crippen LogP contribution is -2.29. The van der Waals surface area contributed by atoms with E-state index < -0.39 is 0 Å². The van der Waals surface area contributed by atoms with E-state index in [0.29, 0.717) is 30.9 Å². The van der Waals surface area contributed by atoms with Crippen molar-refractivity contribution >= 4 is 23.4 Å². The molecule has 1 unspecified atom stereocenters. The molecule has 0 aromatic heterocycles. The second-order valence-electron chi connectivity index (χ2n) is 7.65. The number of carbonyl (C=O) groups excluding carboxylic acids is 3. The van der Waals surface area contributed by atoms with Crippen LogP contribution in [0.15, 0.2) is 54.6 Å². The Kier molecular flexibility index (Phi) is 7.60. The molecular weight excluding hydrogens is 378 g/mol. The highest BCUT2D eigenvalue weighted by atomic mass is 16.2. The molecule has 3 amide bonds. The third kappa shape index (κ3) is 5.92. The van der Waals surface area contributed by atoms with E-state index in [1.54, 1.807) is 29.2 Å². The molecule has 1 heterocycles. The van der Waals surface area contributed by atoms with Gasteiger partial charge in [-0.2, -0.15) is 0 Å². The monoisotopic (exact) mass is 407 g/mol. The molecule has 158 valence electrons. The van der Waals surface area contributed by atoms with E-state index in [-0.39, 0.29) is 30.1 Å². The van der Waals surface area contributed by atoms with Crippen LogP contribution in [0, 0.1) is 5.92 Å². The van der Waals surface area contributed by atoms with Crippen LogP contribution in [0.5, 0.6) is 0 Å². The molecule has 0 saturated carbocycles. The predicted octanol–water partition coefficient (Wildman–Crippen LogP) is 3.25. The molecule has 0 spiro atoms. The zero-order valence-electron chi connectivity index (χ0n) is 17.4. The van der Waals surface area contributed by atoms with E-state index in [1.165, 1.54) is 5.56 Å². The lowest BCUT2D eigenvalue weighted by Gasteiger charge is -2.16. The van der Waals surface area contributed by atoms with Crippen LogP contribution in [0.3, 0.4) is 0 Å². The lowest BCUT2D eigenvalue weighted by atomic mass is 10.1. The van der Waals surface area contributed by atoms with Crippen molar-refractivity contribution in [1.82, 2.24) is 10.2 Å². The van der Waals surface area contributed by atoms with Crippen molar-refractivity contribution in [1.29, 1.82) is 0 Å². The van der Waals surface area contributed by atoms with E-state index >= 15 is 0 Å². The summed E-state index contributed by atoms with van der Waals surface area (Å²) < 4.78 is 0. The maximum atomic E-state index is 12.5. The van der Waals surface area contributed by atoms with Gasteiger partial charge in [0.1, 0.15) is 0 Å². The molecule has 30 heavy (non-hydrogen) atoms. The second-order valence-corrected chi connectivity index (χ2v) is 7.65. The van der Waals surface area contributed by atoms with Crippen LogP contribution in [0.25, 0.3) is 0 Å². The van der Waals surface area contributed by atoms with Gasteiger partial charge in [-0.25, -0.2) is 0 Å². The summed E-state index contributed by atoms with van der Waals surface area (Å²) in [7, 11) is 0. The fraction of sp³-hybridized carbons (Fsp3) is 0.375. The average Bonchev–Trinajstić information content (AvgIpc) is 3.14. The number of rotatable bonds is 9. The summed E-state index contributed by atoms with van der Waals surface area (Å²) in [6.45, 7) is 3.84. The maximum absolute atomic E-state index is 12.5. The molecule has 1 aliphatic heterocycles.